The van der Waals surface area contributed by atoms with Gasteiger partial charge in [-0.2, -0.15) is 0 Å². The number of β-amino-alcohol motifs (C(OH)–C–C–N with tert-alkyl or cyclic N) is 1. The van der Waals surface area contributed by atoms with Gasteiger partial charge >= 0.3 is 0 Å². The van der Waals surface area contributed by atoms with Crippen LogP contribution < -0.4 is 5.32 Å². The third kappa shape index (κ3) is 4.06. The Bertz CT molecular complexity index is 880. The number of aliphatic hydroxyl groups excluding tert-OH is 1. The third-order valence-corrected chi connectivity index (χ3v) is 4.83. The van der Waals surface area contributed by atoms with Gasteiger partial charge in [-0.25, -0.2) is 15.0 Å². The predicted octanol–water partition coefficient (Wildman–Crippen LogP) is 1.36. The van der Waals surface area contributed by atoms with Gasteiger partial charge in [-0.05, 0) is 24.6 Å². The van der Waals surface area contributed by atoms with Gasteiger partial charge < -0.3 is 20.3 Å². The first-order valence-corrected chi connectivity index (χ1v) is 9.12. The number of amides is 1. The van der Waals surface area contributed by atoms with E-state index in [0.29, 0.717) is 38.3 Å². The highest BCUT2D eigenvalue weighted by atomic mass is 16.3. The first kappa shape index (κ1) is 17.4. The number of likely N-dealkylation sites (tertiary alicyclic amines) is 1. The van der Waals surface area contributed by atoms with Crippen LogP contribution in [-0.4, -0.2) is 61.1 Å². The molecule has 8 heteroatoms. The van der Waals surface area contributed by atoms with Gasteiger partial charge in [-0.15, -0.1) is 0 Å². The van der Waals surface area contributed by atoms with E-state index >= 15 is 0 Å². The van der Waals surface area contributed by atoms with E-state index in [-0.39, 0.29) is 11.9 Å². The van der Waals surface area contributed by atoms with Crippen LogP contribution in [0.15, 0.2) is 42.7 Å². The number of H-pyrrole nitrogens is 1. The average Bonchev–Trinajstić information content (AvgIpc) is 3.11. The van der Waals surface area contributed by atoms with Crippen LogP contribution in [0.1, 0.15) is 18.7 Å². The average molecular weight is 366 g/mol. The number of imidazole rings is 1. The molecule has 1 aliphatic heterocycles. The number of hydrogen-bond acceptors (Lipinski definition) is 6. The Morgan fingerprint density at radius 1 is 1.26 bits per heavy atom. The number of aromatic nitrogens is 4. The summed E-state index contributed by atoms with van der Waals surface area (Å²) in [6.07, 6.45) is 4.22. The molecule has 4 rings (SSSR count). The number of nitrogens with one attached hydrogen (secondary N) is 2. The summed E-state index contributed by atoms with van der Waals surface area (Å²) in [7, 11) is 0. The van der Waals surface area contributed by atoms with Gasteiger partial charge in [0.2, 0.25) is 11.9 Å². The Kier molecular flexibility index (Phi) is 4.97. The minimum absolute atomic E-state index is 0.0314. The van der Waals surface area contributed by atoms with E-state index in [1.54, 1.807) is 23.4 Å². The number of carbonyl (C=O) groups is 1. The van der Waals surface area contributed by atoms with E-state index in [2.05, 4.69) is 25.3 Å². The fraction of sp³-hybridized carbons (Fsp3) is 0.368. The lowest BCUT2D eigenvalue weighted by Gasteiger charge is -2.36. The minimum Gasteiger partial charge on any atom is -0.389 e. The molecule has 0 saturated carbocycles. The standard InChI is InChI=1S/C19H22N6O2/c26-16-12-25(11-8-15(16)24-19-20-9-3-10-21-19)18(27)7-6-17-22-13-4-1-2-5-14(13)23-17/h1-5,9-10,15-16,26H,6-8,11-12H2,(H,22,23)(H,20,21,24)/t15-,16-/m1/s1. The van der Waals surface area contributed by atoms with Crippen molar-refractivity contribution in [1.29, 1.82) is 0 Å². The molecular formula is C19H22N6O2. The molecule has 140 valence electrons. The molecule has 1 amide bonds. The Labute approximate surface area is 156 Å². The van der Waals surface area contributed by atoms with Crippen LogP contribution in [0.25, 0.3) is 11.0 Å². The van der Waals surface area contributed by atoms with Gasteiger partial charge in [0.1, 0.15) is 5.82 Å². The SMILES string of the molecule is O=C(CCc1nc2ccccc2[nH]1)N1CC[C@@H](Nc2ncccn2)[C@H](O)C1. The molecule has 2 aromatic heterocycles. The highest BCUT2D eigenvalue weighted by molar-refractivity contribution is 5.77. The summed E-state index contributed by atoms with van der Waals surface area (Å²) >= 11 is 0. The summed E-state index contributed by atoms with van der Waals surface area (Å²) in [4.78, 5) is 30.2. The molecule has 1 aromatic carbocycles. The van der Waals surface area contributed by atoms with E-state index in [9.17, 15) is 9.90 Å². The fourth-order valence-corrected chi connectivity index (χ4v) is 3.37. The first-order valence-electron chi connectivity index (χ1n) is 9.12. The molecule has 27 heavy (non-hydrogen) atoms. The van der Waals surface area contributed by atoms with Gasteiger partial charge in [-0.3, -0.25) is 4.79 Å². The third-order valence-electron chi connectivity index (χ3n) is 4.83. The number of hydrogen-bond donors (Lipinski definition) is 3. The number of para-hydroxylation sites is 2. The molecule has 3 heterocycles. The van der Waals surface area contributed by atoms with Crippen LogP contribution in [0, 0.1) is 0 Å². The van der Waals surface area contributed by atoms with Gasteiger partial charge in [0.25, 0.3) is 0 Å². The van der Waals surface area contributed by atoms with Crippen molar-refractivity contribution in [1.82, 2.24) is 24.8 Å². The molecule has 1 aliphatic rings. The van der Waals surface area contributed by atoms with E-state index < -0.39 is 6.10 Å². The zero-order valence-electron chi connectivity index (χ0n) is 14.9. The van der Waals surface area contributed by atoms with Crippen LogP contribution in [0.2, 0.25) is 0 Å². The van der Waals surface area contributed by atoms with Crippen LogP contribution in [0.3, 0.4) is 0 Å². The van der Waals surface area contributed by atoms with Gasteiger partial charge in [0.05, 0.1) is 23.2 Å². The van der Waals surface area contributed by atoms with Gasteiger partial charge in [0.15, 0.2) is 0 Å². The van der Waals surface area contributed by atoms with Gasteiger partial charge in [0, 0.05) is 38.3 Å². The highest BCUT2D eigenvalue weighted by Gasteiger charge is 2.30. The molecule has 1 saturated heterocycles. The van der Waals surface area contributed by atoms with Gasteiger partial charge in [-0.1, -0.05) is 12.1 Å². The minimum atomic E-state index is -0.655. The summed E-state index contributed by atoms with van der Waals surface area (Å²) in [5.41, 5.74) is 1.88. The second kappa shape index (κ2) is 7.71. The summed E-state index contributed by atoms with van der Waals surface area (Å²) in [5, 5.41) is 13.5. The number of nitrogens with zero attached hydrogens (tertiary/aromatic N) is 4. The predicted molar refractivity (Wildman–Crippen MR) is 101 cm³/mol. The molecule has 0 unspecified atom stereocenters. The molecular weight excluding hydrogens is 344 g/mol. The number of anilines is 1. The number of aryl methyl sites for hydroxylation is 1. The number of aliphatic hydroxyl groups is 1. The van der Waals surface area contributed by atoms with Crippen molar-refractivity contribution in [3.05, 3.63) is 48.5 Å². The maximum absolute atomic E-state index is 12.5. The van der Waals surface area contributed by atoms with E-state index in [1.807, 2.05) is 24.3 Å². The van der Waals surface area contributed by atoms with Crippen molar-refractivity contribution in [2.24, 2.45) is 0 Å². The van der Waals surface area contributed by atoms with Crippen LogP contribution in [0.5, 0.6) is 0 Å². The van der Waals surface area contributed by atoms with Crippen molar-refractivity contribution < 1.29 is 9.90 Å². The maximum Gasteiger partial charge on any atom is 0.223 e. The van der Waals surface area contributed by atoms with E-state index in [4.69, 9.17) is 0 Å². The normalized spacial score (nSPS) is 20.0. The summed E-state index contributed by atoms with van der Waals surface area (Å²) in [5.74, 6) is 1.33. The zero-order valence-corrected chi connectivity index (χ0v) is 14.9. The van der Waals surface area contributed by atoms with E-state index in [0.717, 1.165) is 16.9 Å². The summed E-state index contributed by atoms with van der Waals surface area (Å²) < 4.78 is 0. The molecule has 1 fully saturated rings. The van der Waals surface area contributed by atoms with Crippen molar-refractivity contribution in [3.8, 4) is 0 Å². The first-order chi connectivity index (χ1) is 13.2. The Morgan fingerprint density at radius 2 is 2.07 bits per heavy atom. The molecule has 0 bridgehead atoms. The number of aromatic amines is 1. The number of carbonyl (C=O) groups excluding carboxylic acids is 1. The van der Waals surface area contributed by atoms with Crippen molar-refractivity contribution >= 4 is 22.9 Å². The largest absolute Gasteiger partial charge is 0.389 e. The molecule has 8 nitrogen and oxygen atoms in total. The Balaban J connectivity index is 1.29. The van der Waals surface area contributed by atoms with Crippen LogP contribution in [-0.2, 0) is 11.2 Å². The topological polar surface area (TPSA) is 107 Å². The van der Waals surface area contributed by atoms with E-state index in [1.165, 1.54) is 0 Å². The lowest BCUT2D eigenvalue weighted by molar-refractivity contribution is -0.134. The van der Waals surface area contributed by atoms with Crippen molar-refractivity contribution in [3.63, 3.8) is 0 Å². The second-order valence-corrected chi connectivity index (χ2v) is 6.72. The molecule has 2 atom stereocenters. The smallest absolute Gasteiger partial charge is 0.223 e. The monoisotopic (exact) mass is 366 g/mol. The van der Waals surface area contributed by atoms with Crippen molar-refractivity contribution in [2.45, 2.75) is 31.4 Å². The molecule has 3 aromatic rings. The Hall–Kier alpha value is -3.00. The molecule has 0 radical (unpaired) electrons. The molecule has 3 N–H and O–H groups in total. The fourth-order valence-electron chi connectivity index (χ4n) is 3.37. The molecule has 0 spiro atoms. The number of benzene rings is 1. The molecule has 0 aliphatic carbocycles. The van der Waals surface area contributed by atoms with Crippen molar-refractivity contribution in [2.75, 3.05) is 18.4 Å². The van der Waals surface area contributed by atoms with Crippen LogP contribution >= 0.6 is 0 Å². The maximum atomic E-state index is 12.5. The summed E-state index contributed by atoms with van der Waals surface area (Å²) in [6.45, 7) is 0.907. The Morgan fingerprint density at radius 3 is 2.85 bits per heavy atom. The number of fused-ring (bicyclic) bond motifs is 1. The van der Waals surface area contributed by atoms with Crippen LogP contribution in [0.4, 0.5) is 5.95 Å². The lowest BCUT2D eigenvalue weighted by atomic mass is 10.0. The zero-order chi connectivity index (χ0) is 18.6. The lowest BCUT2D eigenvalue weighted by Crippen LogP contribution is -2.51. The summed E-state index contributed by atoms with van der Waals surface area (Å²) in [6, 6.07) is 9.39. The quantitative estimate of drug-likeness (QED) is 0.629. The number of rotatable bonds is 5. The highest BCUT2D eigenvalue weighted by Crippen LogP contribution is 2.17. The second-order valence-electron chi connectivity index (χ2n) is 6.72. The number of piperidine rings is 1.